The average Bonchev–Trinajstić information content (AvgIpc) is 2.95. The van der Waals surface area contributed by atoms with Crippen LogP contribution in [0.1, 0.15) is 43.9 Å². The van der Waals surface area contributed by atoms with Gasteiger partial charge in [-0.2, -0.15) is 5.10 Å². The maximum absolute atomic E-state index is 4.70. The van der Waals surface area contributed by atoms with Gasteiger partial charge in [0.25, 0.3) is 0 Å². The monoisotopic (exact) mass is 313 g/mol. The van der Waals surface area contributed by atoms with Crippen molar-refractivity contribution in [2.45, 2.75) is 46.0 Å². The molecule has 0 saturated heterocycles. The molecule has 0 unspecified atom stereocenters. The lowest BCUT2D eigenvalue weighted by atomic mass is 9.86. The number of thiazole rings is 1. The zero-order valence-electron chi connectivity index (χ0n) is 13.3. The van der Waals surface area contributed by atoms with Gasteiger partial charge in [-0.3, -0.25) is 5.43 Å². The van der Waals surface area contributed by atoms with E-state index in [1.165, 1.54) is 42.7 Å². The molecular weight excluding hydrogens is 290 g/mol. The molecule has 1 heterocycles. The molecule has 1 N–H and O–H groups in total. The molecule has 0 spiro atoms. The Morgan fingerprint density at radius 3 is 2.64 bits per heavy atom. The van der Waals surface area contributed by atoms with Gasteiger partial charge in [0.05, 0.1) is 5.69 Å². The second-order valence-corrected chi connectivity index (χ2v) is 7.19. The molecule has 0 aliphatic heterocycles. The smallest absolute Gasteiger partial charge is 0.204 e. The number of hydrogen-bond donors (Lipinski definition) is 1. The molecule has 22 heavy (non-hydrogen) atoms. The third-order valence-electron chi connectivity index (χ3n) is 4.37. The fourth-order valence-electron chi connectivity index (χ4n) is 3.06. The molecule has 0 amide bonds. The first-order valence-electron chi connectivity index (χ1n) is 8.07. The van der Waals surface area contributed by atoms with Gasteiger partial charge in [0.1, 0.15) is 0 Å². The van der Waals surface area contributed by atoms with E-state index >= 15 is 0 Å². The van der Waals surface area contributed by atoms with Gasteiger partial charge in [0.15, 0.2) is 0 Å². The highest BCUT2D eigenvalue weighted by atomic mass is 32.1. The number of aryl methyl sites for hydroxylation is 1. The van der Waals surface area contributed by atoms with Crippen LogP contribution in [0.25, 0.3) is 11.3 Å². The van der Waals surface area contributed by atoms with Crippen LogP contribution in [0.5, 0.6) is 0 Å². The van der Waals surface area contributed by atoms with Crippen LogP contribution in [0.2, 0.25) is 0 Å². The summed E-state index contributed by atoms with van der Waals surface area (Å²) in [4.78, 5) is 5.92. The predicted octanol–water partition coefficient (Wildman–Crippen LogP) is 5.49. The summed E-state index contributed by atoms with van der Waals surface area (Å²) in [6.45, 7) is 4.25. The molecule has 3 rings (SSSR count). The molecule has 0 bridgehead atoms. The van der Waals surface area contributed by atoms with E-state index in [0.29, 0.717) is 5.92 Å². The maximum Gasteiger partial charge on any atom is 0.204 e. The first kappa shape index (κ1) is 15.2. The Kier molecular flexibility index (Phi) is 4.88. The molecule has 3 nitrogen and oxygen atoms in total. The van der Waals surface area contributed by atoms with Crippen LogP contribution in [-0.2, 0) is 0 Å². The molecular formula is C18H23N3S. The van der Waals surface area contributed by atoms with Gasteiger partial charge in [-0.05, 0) is 32.6 Å². The number of hydrazone groups is 1. The maximum atomic E-state index is 4.70. The SMILES string of the molecule is C/C(=N\Nc1nc(-c2ccccc2)c(C)s1)C1CCCCC1. The molecule has 1 fully saturated rings. The number of anilines is 1. The highest BCUT2D eigenvalue weighted by molar-refractivity contribution is 7.15. The minimum absolute atomic E-state index is 0.649. The van der Waals surface area contributed by atoms with Gasteiger partial charge in [0.2, 0.25) is 5.13 Å². The lowest BCUT2D eigenvalue weighted by Gasteiger charge is -2.20. The van der Waals surface area contributed by atoms with Gasteiger partial charge >= 0.3 is 0 Å². The zero-order valence-corrected chi connectivity index (χ0v) is 14.1. The third-order valence-corrected chi connectivity index (χ3v) is 5.24. The van der Waals surface area contributed by atoms with Crippen LogP contribution < -0.4 is 5.43 Å². The summed E-state index contributed by atoms with van der Waals surface area (Å²) < 4.78 is 0. The molecule has 4 heteroatoms. The number of nitrogens with one attached hydrogen (secondary N) is 1. The summed E-state index contributed by atoms with van der Waals surface area (Å²) in [6.07, 6.45) is 6.62. The Morgan fingerprint density at radius 1 is 1.18 bits per heavy atom. The number of hydrogen-bond acceptors (Lipinski definition) is 4. The van der Waals surface area contributed by atoms with Crippen molar-refractivity contribution >= 4 is 22.2 Å². The Hall–Kier alpha value is -1.68. The largest absolute Gasteiger partial charge is 0.253 e. The molecule has 2 aromatic rings. The molecule has 1 aliphatic carbocycles. The van der Waals surface area contributed by atoms with Crippen LogP contribution >= 0.6 is 11.3 Å². The molecule has 116 valence electrons. The van der Waals surface area contributed by atoms with Crippen molar-refractivity contribution < 1.29 is 0 Å². The van der Waals surface area contributed by atoms with Crippen molar-refractivity contribution in [2.24, 2.45) is 11.0 Å². The van der Waals surface area contributed by atoms with Crippen LogP contribution in [0.4, 0.5) is 5.13 Å². The predicted molar refractivity (Wildman–Crippen MR) is 95.6 cm³/mol. The first-order valence-corrected chi connectivity index (χ1v) is 8.89. The topological polar surface area (TPSA) is 37.3 Å². The standard InChI is InChI=1S/C18H23N3S/c1-13(15-9-5-3-6-10-15)20-21-18-19-17(14(2)22-18)16-11-7-4-8-12-16/h4,7-8,11-12,15H,3,5-6,9-10H2,1-2H3,(H,19,21)/b20-13+. The van der Waals surface area contributed by atoms with Gasteiger partial charge in [-0.15, -0.1) is 11.3 Å². The van der Waals surface area contributed by atoms with E-state index in [2.05, 4.69) is 36.5 Å². The lowest BCUT2D eigenvalue weighted by molar-refractivity contribution is 0.438. The summed E-state index contributed by atoms with van der Waals surface area (Å²) in [5.41, 5.74) is 6.60. The minimum Gasteiger partial charge on any atom is -0.253 e. The van der Waals surface area contributed by atoms with E-state index in [-0.39, 0.29) is 0 Å². The highest BCUT2D eigenvalue weighted by Gasteiger charge is 2.16. The summed E-state index contributed by atoms with van der Waals surface area (Å²) >= 11 is 1.67. The van der Waals surface area contributed by atoms with Gasteiger partial charge in [-0.25, -0.2) is 4.98 Å². The second kappa shape index (κ2) is 7.05. The van der Waals surface area contributed by atoms with Gasteiger partial charge < -0.3 is 0 Å². The number of aromatic nitrogens is 1. The number of rotatable bonds is 4. The van der Waals surface area contributed by atoms with E-state index in [1.54, 1.807) is 11.3 Å². The van der Waals surface area contributed by atoms with Crippen LogP contribution in [0, 0.1) is 12.8 Å². The summed E-state index contributed by atoms with van der Waals surface area (Å²) in [5, 5.41) is 5.46. The van der Waals surface area contributed by atoms with Crippen molar-refractivity contribution in [3.63, 3.8) is 0 Å². The van der Waals surface area contributed by atoms with E-state index in [4.69, 9.17) is 4.98 Å². The van der Waals surface area contributed by atoms with Crippen molar-refractivity contribution in [3.8, 4) is 11.3 Å². The summed E-state index contributed by atoms with van der Waals surface area (Å²) in [7, 11) is 0. The summed E-state index contributed by atoms with van der Waals surface area (Å²) in [5.74, 6) is 0.649. The quantitative estimate of drug-likeness (QED) is 0.599. The molecule has 0 radical (unpaired) electrons. The lowest BCUT2D eigenvalue weighted by Crippen LogP contribution is -2.16. The molecule has 0 atom stereocenters. The van der Waals surface area contributed by atoms with E-state index < -0.39 is 0 Å². The second-order valence-electron chi connectivity index (χ2n) is 5.99. The Balaban J connectivity index is 1.71. The Bertz CT molecular complexity index is 640. The Morgan fingerprint density at radius 2 is 1.91 bits per heavy atom. The van der Waals surface area contributed by atoms with Crippen LogP contribution in [-0.4, -0.2) is 10.7 Å². The zero-order chi connectivity index (χ0) is 15.4. The van der Waals surface area contributed by atoms with E-state index in [9.17, 15) is 0 Å². The minimum atomic E-state index is 0.649. The fourth-order valence-corrected chi connectivity index (χ4v) is 3.83. The third kappa shape index (κ3) is 3.55. The van der Waals surface area contributed by atoms with Crippen molar-refractivity contribution in [1.82, 2.24) is 4.98 Å². The Labute approximate surface area is 136 Å². The normalized spacial score (nSPS) is 16.7. The molecule has 1 aromatic heterocycles. The fraction of sp³-hybridized carbons (Fsp3) is 0.444. The summed E-state index contributed by atoms with van der Waals surface area (Å²) in [6, 6.07) is 10.3. The van der Waals surface area contributed by atoms with Crippen LogP contribution in [0.15, 0.2) is 35.4 Å². The van der Waals surface area contributed by atoms with E-state index in [0.717, 1.165) is 16.4 Å². The van der Waals surface area contributed by atoms with Crippen LogP contribution in [0.3, 0.4) is 0 Å². The van der Waals surface area contributed by atoms with Crippen molar-refractivity contribution in [2.75, 3.05) is 5.43 Å². The van der Waals surface area contributed by atoms with Gasteiger partial charge in [-0.1, -0.05) is 49.6 Å². The number of nitrogens with zero attached hydrogens (tertiary/aromatic N) is 2. The van der Waals surface area contributed by atoms with Gasteiger partial charge in [0, 0.05) is 16.2 Å². The molecule has 1 aliphatic rings. The molecule has 1 aromatic carbocycles. The number of benzene rings is 1. The van der Waals surface area contributed by atoms with Crippen molar-refractivity contribution in [3.05, 3.63) is 35.2 Å². The average molecular weight is 313 g/mol. The highest BCUT2D eigenvalue weighted by Crippen LogP contribution is 2.30. The van der Waals surface area contributed by atoms with Crippen molar-refractivity contribution in [1.29, 1.82) is 0 Å². The first-order chi connectivity index (χ1) is 10.7. The van der Waals surface area contributed by atoms with E-state index in [1.807, 2.05) is 18.2 Å². The molecule has 1 saturated carbocycles.